The average Bonchev–Trinajstić information content (AvgIpc) is 2.75. The lowest BCUT2D eigenvalue weighted by Gasteiger charge is -2.16. The van der Waals surface area contributed by atoms with Crippen molar-refractivity contribution in [2.75, 3.05) is 0 Å². The van der Waals surface area contributed by atoms with Crippen LogP contribution in [0.5, 0.6) is 0 Å². The van der Waals surface area contributed by atoms with Crippen LogP contribution in [-0.2, 0) is 0 Å². The molecule has 0 aliphatic heterocycles. The van der Waals surface area contributed by atoms with Crippen molar-refractivity contribution in [2.45, 2.75) is 0 Å². The largest absolute Gasteiger partial charge is 0.256 e. The standard InChI is InChI=1S/C24H16Cl2N2/c25-19-11-7-17(8-12-19)23(21-5-1-3-15-27-21)24(22-6-2-4-16-28-22)18-9-13-20(26)14-10-18/h1-16H/b24-23+. The van der Waals surface area contributed by atoms with Crippen LogP contribution < -0.4 is 0 Å². The minimum Gasteiger partial charge on any atom is -0.256 e. The highest BCUT2D eigenvalue weighted by Gasteiger charge is 2.17. The summed E-state index contributed by atoms with van der Waals surface area (Å²) in [6.07, 6.45) is 3.59. The van der Waals surface area contributed by atoms with Gasteiger partial charge in [0.1, 0.15) is 0 Å². The summed E-state index contributed by atoms with van der Waals surface area (Å²) in [5.74, 6) is 0. The van der Waals surface area contributed by atoms with Gasteiger partial charge in [-0.3, -0.25) is 9.97 Å². The van der Waals surface area contributed by atoms with E-state index in [9.17, 15) is 0 Å². The van der Waals surface area contributed by atoms with E-state index in [0.29, 0.717) is 10.0 Å². The molecule has 0 unspecified atom stereocenters. The number of rotatable bonds is 4. The Hall–Kier alpha value is -2.94. The predicted octanol–water partition coefficient (Wildman–Crippen LogP) is 6.79. The van der Waals surface area contributed by atoms with Gasteiger partial charge in [-0.25, -0.2) is 0 Å². The van der Waals surface area contributed by atoms with E-state index in [4.69, 9.17) is 23.2 Å². The normalized spacial score (nSPS) is 11.8. The summed E-state index contributed by atoms with van der Waals surface area (Å²) in [5, 5.41) is 1.38. The van der Waals surface area contributed by atoms with E-state index in [1.165, 1.54) is 0 Å². The second kappa shape index (κ2) is 8.39. The maximum absolute atomic E-state index is 6.13. The summed E-state index contributed by atoms with van der Waals surface area (Å²) in [4.78, 5) is 9.25. The molecule has 0 amide bonds. The summed E-state index contributed by atoms with van der Waals surface area (Å²) >= 11 is 12.3. The quantitative estimate of drug-likeness (QED) is 0.351. The maximum Gasteiger partial charge on any atom is 0.0715 e. The molecule has 2 heterocycles. The van der Waals surface area contributed by atoms with Crippen LogP contribution in [0.4, 0.5) is 0 Å². The van der Waals surface area contributed by atoms with Crippen molar-refractivity contribution in [3.05, 3.63) is 130 Å². The van der Waals surface area contributed by atoms with Crippen LogP contribution in [0.3, 0.4) is 0 Å². The number of hydrogen-bond acceptors (Lipinski definition) is 2. The van der Waals surface area contributed by atoms with E-state index in [1.54, 1.807) is 12.4 Å². The highest BCUT2D eigenvalue weighted by molar-refractivity contribution is 6.31. The Balaban J connectivity index is 2.08. The van der Waals surface area contributed by atoms with E-state index in [1.807, 2.05) is 84.9 Å². The minimum absolute atomic E-state index is 0.690. The van der Waals surface area contributed by atoms with Crippen molar-refractivity contribution in [2.24, 2.45) is 0 Å². The van der Waals surface area contributed by atoms with Gasteiger partial charge >= 0.3 is 0 Å². The Morgan fingerprint density at radius 3 is 1.21 bits per heavy atom. The molecular formula is C24H16Cl2N2. The van der Waals surface area contributed by atoms with E-state index in [-0.39, 0.29) is 0 Å². The third-order valence-corrected chi connectivity index (χ3v) is 4.86. The molecule has 28 heavy (non-hydrogen) atoms. The highest BCUT2D eigenvalue weighted by Crippen LogP contribution is 2.35. The van der Waals surface area contributed by atoms with Crippen molar-refractivity contribution in [1.82, 2.24) is 9.97 Å². The molecule has 136 valence electrons. The molecular weight excluding hydrogens is 387 g/mol. The minimum atomic E-state index is 0.690. The van der Waals surface area contributed by atoms with Crippen LogP contribution >= 0.6 is 23.2 Å². The van der Waals surface area contributed by atoms with Gasteiger partial charge < -0.3 is 0 Å². The van der Waals surface area contributed by atoms with E-state index in [2.05, 4.69) is 9.97 Å². The van der Waals surface area contributed by atoms with Gasteiger partial charge in [0, 0.05) is 33.6 Å². The van der Waals surface area contributed by atoms with Gasteiger partial charge in [-0.15, -0.1) is 0 Å². The molecule has 0 aliphatic rings. The number of aromatic nitrogens is 2. The molecule has 0 fully saturated rings. The molecule has 2 aromatic carbocycles. The zero-order valence-electron chi connectivity index (χ0n) is 14.9. The molecule has 0 saturated carbocycles. The van der Waals surface area contributed by atoms with Crippen LogP contribution in [0.2, 0.25) is 10.0 Å². The Morgan fingerprint density at radius 1 is 0.500 bits per heavy atom. The molecule has 2 nitrogen and oxygen atoms in total. The van der Waals surface area contributed by atoms with Gasteiger partial charge in [-0.05, 0) is 59.7 Å². The molecule has 0 saturated heterocycles. The van der Waals surface area contributed by atoms with Crippen molar-refractivity contribution >= 4 is 34.3 Å². The fourth-order valence-corrected chi connectivity index (χ4v) is 3.35. The van der Waals surface area contributed by atoms with Gasteiger partial charge in [0.05, 0.1) is 11.4 Å². The van der Waals surface area contributed by atoms with Crippen molar-refractivity contribution < 1.29 is 0 Å². The van der Waals surface area contributed by atoms with E-state index >= 15 is 0 Å². The Kier molecular flexibility index (Phi) is 5.52. The average molecular weight is 403 g/mol. The van der Waals surface area contributed by atoms with Gasteiger partial charge in [-0.1, -0.05) is 59.6 Å². The number of hydrogen-bond donors (Lipinski definition) is 0. The zero-order valence-corrected chi connectivity index (χ0v) is 16.4. The van der Waals surface area contributed by atoms with Crippen molar-refractivity contribution in [3.8, 4) is 0 Å². The SMILES string of the molecule is Clc1ccc(/C(=C(/c2ccc(Cl)cc2)c2ccccn2)c2ccccn2)cc1. The first kappa shape index (κ1) is 18.4. The first-order chi connectivity index (χ1) is 13.7. The predicted molar refractivity (Wildman–Crippen MR) is 116 cm³/mol. The number of pyridine rings is 2. The molecule has 0 N–H and O–H groups in total. The van der Waals surface area contributed by atoms with Crippen LogP contribution in [0.15, 0.2) is 97.3 Å². The number of halogens is 2. The van der Waals surface area contributed by atoms with Crippen molar-refractivity contribution in [3.63, 3.8) is 0 Å². The van der Waals surface area contributed by atoms with Gasteiger partial charge in [0.25, 0.3) is 0 Å². The smallest absolute Gasteiger partial charge is 0.0715 e. The second-order valence-electron chi connectivity index (χ2n) is 6.19. The Morgan fingerprint density at radius 2 is 0.893 bits per heavy atom. The summed E-state index contributed by atoms with van der Waals surface area (Å²) in [7, 11) is 0. The molecule has 0 radical (unpaired) electrons. The Bertz CT molecular complexity index is 998. The third-order valence-electron chi connectivity index (χ3n) is 4.36. The lowest BCUT2D eigenvalue weighted by Crippen LogP contribution is -2.00. The molecule has 4 aromatic rings. The molecule has 0 aliphatic carbocycles. The fraction of sp³-hybridized carbons (Fsp3) is 0. The second-order valence-corrected chi connectivity index (χ2v) is 7.07. The number of benzene rings is 2. The Labute approximate surface area is 174 Å². The van der Waals surface area contributed by atoms with E-state index in [0.717, 1.165) is 33.7 Å². The summed E-state index contributed by atoms with van der Waals surface area (Å²) < 4.78 is 0. The first-order valence-electron chi connectivity index (χ1n) is 8.81. The lowest BCUT2D eigenvalue weighted by molar-refractivity contribution is 1.25. The van der Waals surface area contributed by atoms with Gasteiger partial charge in [-0.2, -0.15) is 0 Å². The third kappa shape index (κ3) is 3.99. The molecule has 4 heteroatoms. The van der Waals surface area contributed by atoms with E-state index < -0.39 is 0 Å². The van der Waals surface area contributed by atoms with Crippen molar-refractivity contribution in [1.29, 1.82) is 0 Å². The topological polar surface area (TPSA) is 25.8 Å². The molecule has 2 aromatic heterocycles. The number of nitrogens with zero attached hydrogens (tertiary/aromatic N) is 2. The van der Waals surface area contributed by atoms with Crippen LogP contribution in [0.25, 0.3) is 11.1 Å². The zero-order chi connectivity index (χ0) is 19.3. The first-order valence-corrected chi connectivity index (χ1v) is 9.57. The maximum atomic E-state index is 6.13. The molecule has 0 atom stereocenters. The van der Waals surface area contributed by atoms with Crippen LogP contribution in [-0.4, -0.2) is 9.97 Å². The summed E-state index contributed by atoms with van der Waals surface area (Å²) in [5.41, 5.74) is 5.72. The summed E-state index contributed by atoms with van der Waals surface area (Å²) in [6.45, 7) is 0. The van der Waals surface area contributed by atoms with Crippen LogP contribution in [0.1, 0.15) is 22.5 Å². The van der Waals surface area contributed by atoms with Gasteiger partial charge in [0.15, 0.2) is 0 Å². The molecule has 4 rings (SSSR count). The van der Waals surface area contributed by atoms with Gasteiger partial charge in [0.2, 0.25) is 0 Å². The fourth-order valence-electron chi connectivity index (χ4n) is 3.09. The lowest BCUT2D eigenvalue weighted by atomic mass is 9.90. The van der Waals surface area contributed by atoms with Crippen LogP contribution in [0, 0.1) is 0 Å². The monoisotopic (exact) mass is 402 g/mol. The molecule has 0 spiro atoms. The highest BCUT2D eigenvalue weighted by atomic mass is 35.5. The summed E-state index contributed by atoms with van der Waals surface area (Å²) in [6, 6.07) is 27.4. The molecule has 0 bridgehead atoms.